The van der Waals surface area contributed by atoms with Crippen molar-refractivity contribution in [3.8, 4) is 0 Å². The Morgan fingerprint density at radius 1 is 1.50 bits per heavy atom. The first kappa shape index (κ1) is 12.1. The van der Waals surface area contributed by atoms with E-state index in [-0.39, 0.29) is 5.56 Å². The van der Waals surface area contributed by atoms with Crippen molar-refractivity contribution < 1.29 is 14.3 Å². The molecule has 1 aromatic carbocycles. The Morgan fingerprint density at radius 3 is 2.72 bits per heavy atom. The zero-order valence-corrected chi connectivity index (χ0v) is 9.94. The van der Waals surface area contributed by atoms with Crippen molar-refractivity contribution in [2.75, 3.05) is 5.32 Å². The normalized spacial score (nSPS) is 10.4. The summed E-state index contributed by atoms with van der Waals surface area (Å²) in [6.45, 7) is 1.82. The van der Waals surface area contributed by atoms with Gasteiger partial charge in [-0.25, -0.2) is 9.18 Å². The molecule has 0 spiro atoms. The quantitative estimate of drug-likeness (QED) is 0.875. The van der Waals surface area contributed by atoms with Gasteiger partial charge in [0.25, 0.3) is 0 Å². The number of nitrogens with one attached hydrogen (secondary N) is 1. The minimum atomic E-state index is -1.28. The first-order valence-corrected chi connectivity index (χ1v) is 5.27. The summed E-state index contributed by atoms with van der Waals surface area (Å²) >= 11 is 0. The third kappa shape index (κ3) is 2.32. The molecule has 18 heavy (non-hydrogen) atoms. The molecule has 2 rings (SSSR count). The summed E-state index contributed by atoms with van der Waals surface area (Å²) in [6, 6.07) is 3.89. The molecule has 6 heteroatoms. The van der Waals surface area contributed by atoms with Crippen LogP contribution in [0.25, 0.3) is 0 Å². The number of nitrogens with zero attached hydrogens (tertiary/aromatic N) is 2. The maximum absolute atomic E-state index is 13.5. The standard InChI is InChI=1S/C12H12FN3O2/c1-7-11(6-16(2)15-7)14-8-3-4-9(12(17)18)10(13)5-8/h3-6,14H,1-2H3,(H,17,18). The van der Waals surface area contributed by atoms with Gasteiger partial charge in [-0.3, -0.25) is 4.68 Å². The zero-order chi connectivity index (χ0) is 13.3. The smallest absolute Gasteiger partial charge is 0.338 e. The Balaban J connectivity index is 2.28. The predicted molar refractivity (Wildman–Crippen MR) is 64.6 cm³/mol. The fourth-order valence-electron chi connectivity index (χ4n) is 1.64. The van der Waals surface area contributed by atoms with Gasteiger partial charge in [0, 0.05) is 18.9 Å². The molecule has 1 aromatic heterocycles. The van der Waals surface area contributed by atoms with Gasteiger partial charge in [-0.2, -0.15) is 5.10 Å². The number of carboxylic acid groups (broad SMARTS) is 1. The molecule has 0 unspecified atom stereocenters. The van der Waals surface area contributed by atoms with E-state index in [4.69, 9.17) is 5.11 Å². The van der Waals surface area contributed by atoms with Crippen molar-refractivity contribution in [2.24, 2.45) is 7.05 Å². The lowest BCUT2D eigenvalue weighted by Gasteiger charge is -2.06. The Morgan fingerprint density at radius 2 is 2.22 bits per heavy atom. The van der Waals surface area contributed by atoms with Gasteiger partial charge in [-0.05, 0) is 25.1 Å². The maximum atomic E-state index is 13.5. The number of hydrogen-bond acceptors (Lipinski definition) is 3. The summed E-state index contributed by atoms with van der Waals surface area (Å²) in [5, 5.41) is 15.8. The lowest BCUT2D eigenvalue weighted by Crippen LogP contribution is -2.01. The van der Waals surface area contributed by atoms with Crippen LogP contribution in [0.15, 0.2) is 24.4 Å². The first-order chi connectivity index (χ1) is 8.47. The van der Waals surface area contributed by atoms with Gasteiger partial charge >= 0.3 is 5.97 Å². The number of anilines is 2. The number of benzene rings is 1. The fraction of sp³-hybridized carbons (Fsp3) is 0.167. The molecule has 0 fully saturated rings. The zero-order valence-electron chi connectivity index (χ0n) is 9.94. The van der Waals surface area contributed by atoms with E-state index in [0.717, 1.165) is 17.4 Å². The van der Waals surface area contributed by atoms with E-state index in [9.17, 15) is 9.18 Å². The highest BCUT2D eigenvalue weighted by Crippen LogP contribution is 2.21. The molecular formula is C12H12FN3O2. The minimum Gasteiger partial charge on any atom is -0.478 e. The van der Waals surface area contributed by atoms with Crippen LogP contribution in [0.3, 0.4) is 0 Å². The third-order valence-corrected chi connectivity index (χ3v) is 2.49. The highest BCUT2D eigenvalue weighted by atomic mass is 19.1. The molecule has 1 heterocycles. The van der Waals surface area contributed by atoms with Gasteiger partial charge < -0.3 is 10.4 Å². The van der Waals surface area contributed by atoms with Crippen LogP contribution in [0.2, 0.25) is 0 Å². The Hall–Kier alpha value is -2.37. The molecule has 0 aliphatic carbocycles. The topological polar surface area (TPSA) is 67.2 Å². The number of aromatic carboxylic acids is 1. The summed E-state index contributed by atoms with van der Waals surface area (Å²) < 4.78 is 15.1. The molecule has 0 radical (unpaired) electrons. The number of aryl methyl sites for hydroxylation is 2. The van der Waals surface area contributed by atoms with Crippen LogP contribution in [0.4, 0.5) is 15.8 Å². The molecule has 94 valence electrons. The number of carbonyl (C=O) groups is 1. The first-order valence-electron chi connectivity index (χ1n) is 5.27. The van der Waals surface area contributed by atoms with Gasteiger partial charge in [0.2, 0.25) is 0 Å². The Bertz CT molecular complexity index is 607. The Labute approximate surface area is 103 Å². The second kappa shape index (κ2) is 4.48. The van der Waals surface area contributed by atoms with Gasteiger partial charge in [-0.15, -0.1) is 0 Å². The van der Waals surface area contributed by atoms with Crippen molar-refractivity contribution in [1.82, 2.24) is 9.78 Å². The van der Waals surface area contributed by atoms with Gasteiger partial charge in [0.1, 0.15) is 5.82 Å². The van der Waals surface area contributed by atoms with Crippen molar-refractivity contribution in [1.29, 1.82) is 0 Å². The molecule has 0 saturated carbocycles. The summed E-state index contributed by atoms with van der Waals surface area (Å²) in [4.78, 5) is 10.7. The van der Waals surface area contributed by atoms with Crippen LogP contribution in [0.1, 0.15) is 16.1 Å². The second-order valence-corrected chi connectivity index (χ2v) is 3.93. The summed E-state index contributed by atoms with van der Waals surface area (Å²) in [6.07, 6.45) is 1.76. The molecule has 0 bridgehead atoms. The van der Waals surface area contributed by atoms with Gasteiger partial charge in [0.15, 0.2) is 0 Å². The minimum absolute atomic E-state index is 0.344. The van der Waals surface area contributed by atoms with E-state index in [0.29, 0.717) is 5.69 Å². The number of halogens is 1. The molecule has 0 aliphatic rings. The number of hydrogen-bond donors (Lipinski definition) is 2. The van der Waals surface area contributed by atoms with E-state index in [2.05, 4.69) is 10.4 Å². The van der Waals surface area contributed by atoms with Crippen LogP contribution in [-0.4, -0.2) is 20.9 Å². The molecule has 5 nitrogen and oxygen atoms in total. The molecule has 0 saturated heterocycles. The predicted octanol–water partition coefficient (Wildman–Crippen LogP) is 2.31. The van der Waals surface area contributed by atoms with Crippen LogP contribution in [-0.2, 0) is 7.05 Å². The second-order valence-electron chi connectivity index (χ2n) is 3.93. The average molecular weight is 249 g/mol. The lowest BCUT2D eigenvalue weighted by atomic mass is 10.2. The highest BCUT2D eigenvalue weighted by molar-refractivity contribution is 5.88. The lowest BCUT2D eigenvalue weighted by molar-refractivity contribution is 0.0692. The summed E-state index contributed by atoms with van der Waals surface area (Å²) in [5.74, 6) is -2.05. The van der Waals surface area contributed by atoms with E-state index in [1.165, 1.54) is 12.1 Å². The van der Waals surface area contributed by atoms with Gasteiger partial charge in [-0.1, -0.05) is 0 Å². The van der Waals surface area contributed by atoms with E-state index in [1.54, 1.807) is 17.9 Å². The summed E-state index contributed by atoms with van der Waals surface area (Å²) in [7, 11) is 1.78. The largest absolute Gasteiger partial charge is 0.478 e. The van der Waals surface area contributed by atoms with E-state index >= 15 is 0 Å². The van der Waals surface area contributed by atoms with Crippen LogP contribution in [0.5, 0.6) is 0 Å². The van der Waals surface area contributed by atoms with Crippen LogP contribution in [0, 0.1) is 12.7 Å². The van der Waals surface area contributed by atoms with Crippen molar-refractivity contribution in [3.63, 3.8) is 0 Å². The van der Waals surface area contributed by atoms with E-state index < -0.39 is 11.8 Å². The Kier molecular flexibility index (Phi) is 3.01. The third-order valence-electron chi connectivity index (χ3n) is 2.49. The molecule has 0 aliphatic heterocycles. The molecule has 2 aromatic rings. The van der Waals surface area contributed by atoms with Crippen LogP contribution < -0.4 is 5.32 Å². The molecule has 0 amide bonds. The SMILES string of the molecule is Cc1nn(C)cc1Nc1ccc(C(=O)O)c(F)c1. The van der Waals surface area contributed by atoms with Crippen LogP contribution >= 0.6 is 0 Å². The molecular weight excluding hydrogens is 237 g/mol. The summed E-state index contributed by atoms with van der Waals surface area (Å²) in [5.41, 5.74) is 1.66. The van der Waals surface area contributed by atoms with Gasteiger partial charge in [0.05, 0.1) is 16.9 Å². The molecule has 0 atom stereocenters. The van der Waals surface area contributed by atoms with E-state index in [1.807, 2.05) is 6.92 Å². The van der Waals surface area contributed by atoms with Crippen molar-refractivity contribution >= 4 is 17.3 Å². The van der Waals surface area contributed by atoms with Crippen molar-refractivity contribution in [3.05, 3.63) is 41.5 Å². The average Bonchev–Trinajstić information content (AvgIpc) is 2.57. The monoisotopic (exact) mass is 249 g/mol. The van der Waals surface area contributed by atoms with Crippen molar-refractivity contribution in [2.45, 2.75) is 6.92 Å². The number of rotatable bonds is 3. The number of carboxylic acids is 1. The highest BCUT2D eigenvalue weighted by Gasteiger charge is 2.11. The maximum Gasteiger partial charge on any atom is 0.338 e. The molecule has 2 N–H and O–H groups in total. The number of aromatic nitrogens is 2. The fourth-order valence-corrected chi connectivity index (χ4v) is 1.64.